The molecule has 2 nitrogen and oxygen atoms in total. The molecule has 1 rings (SSSR count). The molecule has 0 saturated carbocycles. The quantitative estimate of drug-likeness (QED) is 0.480. The van der Waals surface area contributed by atoms with Crippen molar-refractivity contribution in [2.45, 2.75) is 27.7 Å². The molecule has 0 fully saturated rings. The lowest BCUT2D eigenvalue weighted by Gasteiger charge is -1.86. The van der Waals surface area contributed by atoms with Gasteiger partial charge in [-0.05, 0) is 18.2 Å². The van der Waals surface area contributed by atoms with E-state index in [0.717, 1.165) is 5.69 Å². The number of allylic oxidation sites excluding steroid dienone is 3. The molecule has 19 heavy (non-hydrogen) atoms. The second kappa shape index (κ2) is 15.8. The maximum absolute atomic E-state index is 4.02. The first-order chi connectivity index (χ1) is 9.33. The van der Waals surface area contributed by atoms with E-state index in [4.69, 9.17) is 0 Å². The van der Waals surface area contributed by atoms with Crippen LogP contribution in [0.15, 0.2) is 77.4 Å². The topological polar surface area (TPSA) is 24.7 Å². The summed E-state index contributed by atoms with van der Waals surface area (Å²) in [6.07, 6.45) is 5.16. The molecule has 1 aromatic carbocycles. The van der Waals surface area contributed by atoms with Crippen molar-refractivity contribution in [3.05, 3.63) is 67.4 Å². The summed E-state index contributed by atoms with van der Waals surface area (Å²) in [5.41, 5.74) is 1.41. The lowest BCUT2D eigenvalue weighted by atomic mass is 10.3. The van der Waals surface area contributed by atoms with E-state index in [1.165, 1.54) is 0 Å². The van der Waals surface area contributed by atoms with Gasteiger partial charge in [0.05, 0.1) is 11.4 Å². The molecule has 0 aliphatic heterocycles. The Hall–Kier alpha value is -2.18. The predicted octanol–water partition coefficient (Wildman–Crippen LogP) is 5.80. The highest BCUT2D eigenvalue weighted by atomic mass is 14.8. The minimum absolute atomic E-state index is 0.592. The summed E-state index contributed by atoms with van der Waals surface area (Å²) in [6.45, 7) is 15.2. The lowest BCUT2D eigenvalue weighted by molar-refractivity contribution is 1.43. The largest absolute Gasteiger partial charge is 0.188 e. The summed E-state index contributed by atoms with van der Waals surface area (Å²) in [5, 5.41) is 0. The number of aliphatic imine (C=N–C) groups is 2. The molecular formula is C17H24N2. The number of hydrogen-bond acceptors (Lipinski definition) is 2. The third-order valence-corrected chi connectivity index (χ3v) is 1.55. The van der Waals surface area contributed by atoms with Crippen LogP contribution < -0.4 is 0 Å². The molecule has 0 amide bonds. The van der Waals surface area contributed by atoms with Gasteiger partial charge in [0.15, 0.2) is 0 Å². The third kappa shape index (κ3) is 12.1. The van der Waals surface area contributed by atoms with E-state index in [9.17, 15) is 0 Å². The predicted molar refractivity (Wildman–Crippen MR) is 87.1 cm³/mol. The number of nitrogens with zero attached hydrogens (tertiary/aromatic N) is 2. The molecule has 0 N–H and O–H groups in total. The Morgan fingerprint density at radius 1 is 1.11 bits per heavy atom. The molecule has 102 valence electrons. The van der Waals surface area contributed by atoms with E-state index in [2.05, 4.69) is 29.2 Å². The molecule has 0 aliphatic carbocycles. The Bertz CT molecular complexity index is 422. The van der Waals surface area contributed by atoms with Gasteiger partial charge in [-0.25, -0.2) is 0 Å². The lowest BCUT2D eigenvalue weighted by Crippen LogP contribution is -1.66. The van der Waals surface area contributed by atoms with Crippen molar-refractivity contribution in [2.75, 3.05) is 0 Å². The van der Waals surface area contributed by atoms with Crippen LogP contribution in [0.5, 0.6) is 0 Å². The van der Waals surface area contributed by atoms with E-state index >= 15 is 0 Å². The van der Waals surface area contributed by atoms with Gasteiger partial charge in [0.25, 0.3) is 0 Å². The summed E-state index contributed by atoms with van der Waals surface area (Å²) < 4.78 is 0. The summed E-state index contributed by atoms with van der Waals surface area (Å²) in [7, 11) is 0. The molecule has 0 atom stereocenters. The highest BCUT2D eigenvalue weighted by molar-refractivity contribution is 5.53. The van der Waals surface area contributed by atoms with Crippen molar-refractivity contribution in [3.63, 3.8) is 0 Å². The molecule has 1 aromatic rings. The number of benzene rings is 1. The normalized spacial score (nSPS) is 8.00. The highest BCUT2D eigenvalue weighted by Gasteiger charge is 1.81. The summed E-state index contributed by atoms with van der Waals surface area (Å²) >= 11 is 0. The van der Waals surface area contributed by atoms with Crippen LogP contribution in [0.1, 0.15) is 27.7 Å². The van der Waals surface area contributed by atoms with Crippen LogP contribution in [0.25, 0.3) is 0 Å². The first-order valence-electron chi connectivity index (χ1n) is 6.52. The summed E-state index contributed by atoms with van der Waals surface area (Å²) in [5.74, 6) is 0. The zero-order valence-corrected chi connectivity index (χ0v) is 12.4. The van der Waals surface area contributed by atoms with Gasteiger partial charge in [0.1, 0.15) is 6.01 Å². The van der Waals surface area contributed by atoms with E-state index in [1.54, 1.807) is 18.2 Å². The molecule has 0 bridgehead atoms. The molecular weight excluding hydrogens is 232 g/mol. The molecule has 0 saturated heterocycles. The fraction of sp³-hybridized carbons (Fsp3) is 0.235. The smallest absolute Gasteiger partial charge is 0.100 e. The van der Waals surface area contributed by atoms with Crippen LogP contribution >= 0.6 is 0 Å². The number of hydrogen-bond donors (Lipinski definition) is 0. The fourth-order valence-corrected chi connectivity index (χ4v) is 0.866. The van der Waals surface area contributed by atoms with Gasteiger partial charge in [-0.1, -0.05) is 71.2 Å². The second-order valence-corrected chi connectivity index (χ2v) is 2.75. The first-order valence-corrected chi connectivity index (χ1v) is 6.52. The average molecular weight is 256 g/mol. The Morgan fingerprint density at radius 2 is 1.68 bits per heavy atom. The minimum Gasteiger partial charge on any atom is -0.188 e. The van der Waals surface area contributed by atoms with Crippen LogP contribution in [0.2, 0.25) is 0 Å². The molecule has 0 spiro atoms. The number of para-hydroxylation sites is 1. The van der Waals surface area contributed by atoms with Crippen molar-refractivity contribution >= 4 is 11.7 Å². The van der Waals surface area contributed by atoms with Crippen LogP contribution in [0.3, 0.4) is 0 Å². The van der Waals surface area contributed by atoms with E-state index in [-0.39, 0.29) is 0 Å². The van der Waals surface area contributed by atoms with Crippen molar-refractivity contribution < 1.29 is 0 Å². The summed E-state index contributed by atoms with van der Waals surface area (Å²) in [6, 6.07) is 12.1. The van der Waals surface area contributed by atoms with Gasteiger partial charge < -0.3 is 0 Å². The van der Waals surface area contributed by atoms with Gasteiger partial charge >= 0.3 is 0 Å². The monoisotopic (exact) mass is 256 g/mol. The molecule has 0 radical (unpaired) electrons. The van der Waals surface area contributed by atoms with Crippen molar-refractivity contribution in [3.8, 4) is 0 Å². The van der Waals surface area contributed by atoms with E-state index in [0.29, 0.717) is 5.70 Å². The number of rotatable bonds is 4. The SMILES string of the molecule is C=C/C=C\C(=C)N=C=Nc1ccccc1.CC.CC. The zero-order valence-electron chi connectivity index (χ0n) is 12.4. The first kappa shape index (κ1) is 19.2. The minimum atomic E-state index is 0.592. The van der Waals surface area contributed by atoms with Crippen LogP contribution in [-0.4, -0.2) is 6.01 Å². The Labute approximate surface area is 117 Å². The van der Waals surface area contributed by atoms with Crippen molar-refractivity contribution in [1.29, 1.82) is 0 Å². The molecule has 0 aromatic heterocycles. The Kier molecular flexibility index (Phi) is 16.0. The van der Waals surface area contributed by atoms with Crippen LogP contribution in [-0.2, 0) is 0 Å². The maximum Gasteiger partial charge on any atom is 0.100 e. The molecule has 2 heteroatoms. The van der Waals surface area contributed by atoms with Crippen LogP contribution in [0.4, 0.5) is 5.69 Å². The molecule has 0 unspecified atom stereocenters. The van der Waals surface area contributed by atoms with E-state index < -0.39 is 0 Å². The Morgan fingerprint density at radius 3 is 2.21 bits per heavy atom. The standard InChI is InChI=1S/C13H12N2.2C2H6/c1-3-4-8-12(2)14-11-15-13-9-6-5-7-10-13;2*1-2/h3-10H,1-2H2;2*1-2H3/b8-4-;;. The zero-order chi connectivity index (χ0) is 14.9. The maximum atomic E-state index is 4.02. The third-order valence-electron chi connectivity index (χ3n) is 1.55. The Balaban J connectivity index is 0. The van der Waals surface area contributed by atoms with Gasteiger partial charge in [-0.3, -0.25) is 0 Å². The van der Waals surface area contributed by atoms with Gasteiger partial charge in [-0.15, -0.1) is 0 Å². The summed E-state index contributed by atoms with van der Waals surface area (Å²) in [4.78, 5) is 7.93. The molecule has 0 aliphatic rings. The second-order valence-electron chi connectivity index (χ2n) is 2.75. The van der Waals surface area contributed by atoms with Gasteiger partial charge in [0, 0.05) is 0 Å². The van der Waals surface area contributed by atoms with Crippen molar-refractivity contribution in [1.82, 2.24) is 0 Å². The fourth-order valence-electron chi connectivity index (χ4n) is 0.866. The van der Waals surface area contributed by atoms with E-state index in [1.807, 2.05) is 58.0 Å². The van der Waals surface area contributed by atoms with Crippen LogP contribution in [0, 0.1) is 0 Å². The van der Waals surface area contributed by atoms with Gasteiger partial charge in [0.2, 0.25) is 0 Å². The average Bonchev–Trinajstić information content (AvgIpc) is 2.50. The highest BCUT2D eigenvalue weighted by Crippen LogP contribution is 2.07. The molecule has 0 heterocycles. The van der Waals surface area contributed by atoms with Gasteiger partial charge in [-0.2, -0.15) is 9.98 Å². The van der Waals surface area contributed by atoms with Crippen molar-refractivity contribution in [2.24, 2.45) is 9.98 Å².